The number of guanidine groups is 1. The Bertz CT molecular complexity index is 659. The fourth-order valence-electron chi connectivity index (χ4n) is 2.45. The molecular weight excluding hydrogens is 306 g/mol. The molecule has 0 bridgehead atoms. The number of aryl methyl sites for hydroxylation is 5. The van der Waals surface area contributed by atoms with Crippen molar-refractivity contribution in [3.63, 3.8) is 0 Å². The van der Waals surface area contributed by atoms with Gasteiger partial charge in [-0.05, 0) is 39.7 Å². The van der Waals surface area contributed by atoms with E-state index in [1.807, 2.05) is 18.5 Å². The summed E-state index contributed by atoms with van der Waals surface area (Å²) in [6.45, 7) is 8.48. The molecule has 24 heavy (non-hydrogen) atoms. The zero-order chi connectivity index (χ0) is 17.4. The first-order valence-corrected chi connectivity index (χ1v) is 8.33. The van der Waals surface area contributed by atoms with E-state index in [4.69, 9.17) is 4.52 Å². The van der Waals surface area contributed by atoms with E-state index in [1.54, 1.807) is 7.05 Å². The SMILES string of the molecule is CN=C(NCCCc1nc(C)no1)NCCCn1nc(C)cc1C. The van der Waals surface area contributed by atoms with Crippen LogP contribution >= 0.6 is 0 Å². The molecule has 8 heteroatoms. The Kier molecular flexibility index (Phi) is 6.77. The monoisotopic (exact) mass is 333 g/mol. The van der Waals surface area contributed by atoms with Crippen molar-refractivity contribution in [2.24, 2.45) is 4.99 Å². The van der Waals surface area contributed by atoms with Crippen LogP contribution in [0.4, 0.5) is 0 Å². The maximum absolute atomic E-state index is 5.09. The molecule has 0 fully saturated rings. The van der Waals surface area contributed by atoms with Gasteiger partial charge in [0.1, 0.15) is 0 Å². The normalized spacial score (nSPS) is 11.8. The van der Waals surface area contributed by atoms with Gasteiger partial charge in [-0.3, -0.25) is 9.67 Å². The zero-order valence-corrected chi connectivity index (χ0v) is 15.0. The molecule has 0 aliphatic carbocycles. The molecule has 2 aromatic rings. The van der Waals surface area contributed by atoms with Crippen LogP contribution in [0.3, 0.4) is 0 Å². The van der Waals surface area contributed by atoms with Gasteiger partial charge in [0.2, 0.25) is 5.89 Å². The average Bonchev–Trinajstić information content (AvgIpc) is 3.10. The topological polar surface area (TPSA) is 93.2 Å². The third-order valence-corrected chi connectivity index (χ3v) is 3.60. The van der Waals surface area contributed by atoms with E-state index in [-0.39, 0.29) is 0 Å². The van der Waals surface area contributed by atoms with Crippen LogP contribution in [0.2, 0.25) is 0 Å². The smallest absolute Gasteiger partial charge is 0.226 e. The van der Waals surface area contributed by atoms with Crippen molar-refractivity contribution >= 4 is 5.96 Å². The summed E-state index contributed by atoms with van der Waals surface area (Å²) < 4.78 is 7.13. The first kappa shape index (κ1) is 18.0. The molecule has 2 N–H and O–H groups in total. The highest BCUT2D eigenvalue weighted by atomic mass is 16.5. The van der Waals surface area contributed by atoms with Gasteiger partial charge in [-0.2, -0.15) is 10.1 Å². The summed E-state index contributed by atoms with van der Waals surface area (Å²) in [4.78, 5) is 8.41. The average molecular weight is 333 g/mol. The summed E-state index contributed by atoms with van der Waals surface area (Å²) in [5, 5.41) is 14.8. The Labute approximate surface area is 142 Å². The predicted molar refractivity (Wildman–Crippen MR) is 93.0 cm³/mol. The molecule has 0 radical (unpaired) electrons. The summed E-state index contributed by atoms with van der Waals surface area (Å²) in [5.74, 6) is 2.17. The summed E-state index contributed by atoms with van der Waals surface area (Å²) >= 11 is 0. The van der Waals surface area contributed by atoms with Crippen molar-refractivity contribution in [1.29, 1.82) is 0 Å². The van der Waals surface area contributed by atoms with Crippen molar-refractivity contribution in [3.8, 4) is 0 Å². The Hall–Kier alpha value is -2.38. The zero-order valence-electron chi connectivity index (χ0n) is 15.0. The molecule has 8 nitrogen and oxygen atoms in total. The molecule has 0 aromatic carbocycles. The Morgan fingerprint density at radius 3 is 2.54 bits per heavy atom. The minimum absolute atomic E-state index is 0.679. The minimum Gasteiger partial charge on any atom is -0.356 e. The summed E-state index contributed by atoms with van der Waals surface area (Å²) in [7, 11) is 1.78. The van der Waals surface area contributed by atoms with Gasteiger partial charge >= 0.3 is 0 Å². The summed E-state index contributed by atoms with van der Waals surface area (Å²) in [6.07, 6.45) is 2.67. The lowest BCUT2D eigenvalue weighted by Gasteiger charge is -2.11. The second-order valence-corrected chi connectivity index (χ2v) is 5.77. The molecule has 0 aliphatic rings. The van der Waals surface area contributed by atoms with Crippen LogP contribution in [0, 0.1) is 20.8 Å². The van der Waals surface area contributed by atoms with Crippen LogP contribution in [0.25, 0.3) is 0 Å². The lowest BCUT2D eigenvalue weighted by molar-refractivity contribution is 0.372. The summed E-state index contributed by atoms with van der Waals surface area (Å²) in [5.41, 5.74) is 2.26. The van der Waals surface area contributed by atoms with Crippen LogP contribution < -0.4 is 10.6 Å². The second kappa shape index (κ2) is 9.05. The van der Waals surface area contributed by atoms with Gasteiger partial charge in [0.05, 0.1) is 5.69 Å². The van der Waals surface area contributed by atoms with Gasteiger partial charge in [-0.1, -0.05) is 5.16 Å². The number of hydrogen-bond acceptors (Lipinski definition) is 5. The third-order valence-electron chi connectivity index (χ3n) is 3.60. The molecule has 132 valence electrons. The molecule has 0 spiro atoms. The molecule has 2 aromatic heterocycles. The maximum Gasteiger partial charge on any atom is 0.226 e. The fourth-order valence-corrected chi connectivity index (χ4v) is 2.45. The van der Waals surface area contributed by atoms with Crippen LogP contribution in [-0.4, -0.2) is 46.0 Å². The molecule has 0 saturated heterocycles. The van der Waals surface area contributed by atoms with Crippen LogP contribution in [0.15, 0.2) is 15.6 Å². The largest absolute Gasteiger partial charge is 0.356 e. The number of rotatable bonds is 8. The first-order chi connectivity index (χ1) is 11.6. The first-order valence-electron chi connectivity index (χ1n) is 8.33. The molecule has 2 rings (SSSR count). The fraction of sp³-hybridized carbons (Fsp3) is 0.625. The highest BCUT2D eigenvalue weighted by Gasteiger charge is 2.03. The number of hydrogen-bond donors (Lipinski definition) is 2. The number of nitrogens with one attached hydrogen (secondary N) is 2. The maximum atomic E-state index is 5.09. The predicted octanol–water partition coefficient (Wildman–Crippen LogP) is 1.38. The standard InChI is InChI=1S/C16H27N7O/c1-12-11-13(2)23(21-12)10-6-9-19-16(17-4)18-8-5-7-15-20-14(3)22-24-15/h11H,5-10H2,1-4H3,(H2,17,18,19). The molecule has 0 atom stereocenters. The lowest BCUT2D eigenvalue weighted by Crippen LogP contribution is -2.38. The molecule has 0 saturated carbocycles. The molecule has 0 unspecified atom stereocenters. The second-order valence-electron chi connectivity index (χ2n) is 5.77. The van der Waals surface area contributed by atoms with E-state index in [9.17, 15) is 0 Å². The van der Waals surface area contributed by atoms with E-state index in [0.29, 0.717) is 11.7 Å². The Balaban J connectivity index is 1.59. The van der Waals surface area contributed by atoms with E-state index < -0.39 is 0 Å². The minimum atomic E-state index is 0.679. The Morgan fingerprint density at radius 1 is 1.21 bits per heavy atom. The third kappa shape index (κ3) is 5.68. The quantitative estimate of drug-likeness (QED) is 0.431. The summed E-state index contributed by atoms with van der Waals surface area (Å²) in [6, 6.07) is 2.10. The molecule has 0 aliphatic heterocycles. The van der Waals surface area contributed by atoms with Crippen molar-refractivity contribution in [3.05, 3.63) is 29.2 Å². The number of aromatic nitrogens is 4. The molecular formula is C16H27N7O. The van der Waals surface area contributed by atoms with Gasteiger partial charge < -0.3 is 15.2 Å². The molecule has 2 heterocycles. The van der Waals surface area contributed by atoms with Crippen LogP contribution in [0.1, 0.15) is 35.9 Å². The van der Waals surface area contributed by atoms with E-state index in [2.05, 4.69) is 43.9 Å². The lowest BCUT2D eigenvalue weighted by atomic mass is 10.3. The number of nitrogens with zero attached hydrogens (tertiary/aromatic N) is 5. The van der Waals surface area contributed by atoms with Crippen molar-refractivity contribution in [2.45, 2.75) is 46.6 Å². The van der Waals surface area contributed by atoms with Gasteiger partial charge in [-0.25, -0.2) is 0 Å². The van der Waals surface area contributed by atoms with Crippen molar-refractivity contribution < 1.29 is 4.52 Å². The van der Waals surface area contributed by atoms with Crippen molar-refractivity contribution in [1.82, 2.24) is 30.6 Å². The highest BCUT2D eigenvalue weighted by molar-refractivity contribution is 5.79. The number of aliphatic imine (C=N–C) groups is 1. The highest BCUT2D eigenvalue weighted by Crippen LogP contribution is 2.02. The van der Waals surface area contributed by atoms with E-state index in [1.165, 1.54) is 5.69 Å². The van der Waals surface area contributed by atoms with Crippen LogP contribution in [0.5, 0.6) is 0 Å². The molecule has 0 amide bonds. The van der Waals surface area contributed by atoms with Gasteiger partial charge in [-0.15, -0.1) is 0 Å². The van der Waals surface area contributed by atoms with E-state index >= 15 is 0 Å². The van der Waals surface area contributed by atoms with Gasteiger partial charge in [0.25, 0.3) is 0 Å². The Morgan fingerprint density at radius 2 is 1.96 bits per heavy atom. The van der Waals surface area contributed by atoms with Crippen molar-refractivity contribution in [2.75, 3.05) is 20.1 Å². The van der Waals surface area contributed by atoms with E-state index in [0.717, 1.165) is 50.6 Å². The van der Waals surface area contributed by atoms with Crippen LogP contribution in [-0.2, 0) is 13.0 Å². The van der Waals surface area contributed by atoms with Gasteiger partial charge in [0, 0.05) is 38.8 Å². The van der Waals surface area contributed by atoms with Gasteiger partial charge in [0.15, 0.2) is 11.8 Å².